The molecule has 11 heteroatoms. The van der Waals surface area contributed by atoms with Crippen molar-refractivity contribution in [3.05, 3.63) is 24.5 Å². The van der Waals surface area contributed by atoms with E-state index in [1.54, 1.807) is 12.1 Å². The van der Waals surface area contributed by atoms with Crippen LogP contribution >= 0.6 is 0 Å². The monoisotopic (exact) mass is 469 g/mol. The highest BCUT2D eigenvalue weighted by Gasteiger charge is 2.46. The molecule has 0 bridgehead atoms. The van der Waals surface area contributed by atoms with Gasteiger partial charge in [0, 0.05) is 23.5 Å². The summed E-state index contributed by atoms with van der Waals surface area (Å²) in [7, 11) is -3.84. The fourth-order valence-corrected chi connectivity index (χ4v) is 6.35. The molecule has 1 unspecified atom stereocenters. The zero-order valence-electron chi connectivity index (χ0n) is 18.0. The molecule has 33 heavy (non-hydrogen) atoms. The first-order valence-electron chi connectivity index (χ1n) is 11.2. The summed E-state index contributed by atoms with van der Waals surface area (Å²) in [5.74, 6) is 0.658. The third-order valence-electron chi connectivity index (χ3n) is 7.11. The Morgan fingerprint density at radius 3 is 2.73 bits per heavy atom. The molecule has 2 aromatic heterocycles. The van der Waals surface area contributed by atoms with Crippen LogP contribution in [-0.4, -0.2) is 72.2 Å². The number of hydrogen-bond acceptors (Lipinski definition) is 7. The van der Waals surface area contributed by atoms with Gasteiger partial charge in [-0.25, -0.2) is 22.8 Å². The molecule has 4 heterocycles. The van der Waals surface area contributed by atoms with E-state index in [9.17, 15) is 13.7 Å². The molecule has 6 rings (SSSR count). The minimum atomic E-state index is -3.84. The van der Waals surface area contributed by atoms with Crippen LogP contribution in [0.3, 0.4) is 0 Å². The molecule has 9 nitrogen and oxygen atoms in total. The van der Waals surface area contributed by atoms with E-state index >= 15 is 4.39 Å². The van der Waals surface area contributed by atoms with Crippen molar-refractivity contribution >= 4 is 37.8 Å². The first-order chi connectivity index (χ1) is 15.9. The molecule has 2 saturated heterocycles. The van der Waals surface area contributed by atoms with Crippen LogP contribution in [0.2, 0.25) is 0 Å². The van der Waals surface area contributed by atoms with Gasteiger partial charge in [-0.15, -0.1) is 0 Å². The van der Waals surface area contributed by atoms with Gasteiger partial charge >= 0.3 is 0 Å². The molecule has 2 aliphatic heterocycles. The van der Waals surface area contributed by atoms with Gasteiger partial charge in [-0.2, -0.15) is 9.98 Å². The summed E-state index contributed by atoms with van der Waals surface area (Å²) >= 11 is 0. The first-order valence-corrected chi connectivity index (χ1v) is 12.7. The number of nitrogens with one attached hydrogen (secondary N) is 2. The molecule has 3 fully saturated rings. The zero-order chi connectivity index (χ0) is 22.8. The van der Waals surface area contributed by atoms with E-state index in [1.165, 1.54) is 12.4 Å². The van der Waals surface area contributed by atoms with Crippen molar-refractivity contribution in [2.75, 3.05) is 31.1 Å². The van der Waals surface area contributed by atoms with Crippen molar-refractivity contribution in [2.45, 2.75) is 48.3 Å². The fraction of sp³-hybridized carbons (Fsp3) is 0.500. The number of piperidine rings is 1. The summed E-state index contributed by atoms with van der Waals surface area (Å²) in [6, 6.07) is 6.81. The summed E-state index contributed by atoms with van der Waals surface area (Å²) in [5, 5.41) is 10.8. The maximum Gasteiger partial charge on any atom is 0.242 e. The minimum absolute atomic E-state index is 0.0290. The van der Waals surface area contributed by atoms with Crippen molar-refractivity contribution in [1.82, 2.24) is 24.6 Å². The number of benzene rings is 1. The lowest BCUT2D eigenvalue weighted by Crippen LogP contribution is -2.56. The highest BCUT2D eigenvalue weighted by Crippen LogP contribution is 2.37. The van der Waals surface area contributed by atoms with Gasteiger partial charge in [-0.3, -0.25) is 4.90 Å². The van der Waals surface area contributed by atoms with E-state index in [0.717, 1.165) is 36.7 Å². The van der Waals surface area contributed by atoms with Crippen LogP contribution in [-0.2, 0) is 10.0 Å². The number of H-pyrrole nitrogens is 1. The second kappa shape index (κ2) is 7.35. The minimum Gasteiger partial charge on any atom is -0.353 e. The van der Waals surface area contributed by atoms with Crippen LogP contribution in [0, 0.1) is 11.3 Å². The quantitative estimate of drug-likeness (QED) is 0.587. The maximum absolute atomic E-state index is 15.0. The molecule has 2 N–H and O–H groups in total. The molecular formula is C22H24FN7O2S. The zero-order valence-corrected chi connectivity index (χ0v) is 18.8. The van der Waals surface area contributed by atoms with Gasteiger partial charge < -0.3 is 9.88 Å². The highest BCUT2D eigenvalue weighted by molar-refractivity contribution is 7.89. The van der Waals surface area contributed by atoms with E-state index in [4.69, 9.17) is 0 Å². The van der Waals surface area contributed by atoms with Crippen LogP contribution in [0.25, 0.3) is 21.9 Å². The molecule has 1 saturated carbocycles. The van der Waals surface area contributed by atoms with Crippen LogP contribution in [0.5, 0.6) is 0 Å². The summed E-state index contributed by atoms with van der Waals surface area (Å²) in [4.78, 5) is 16.3. The number of nitriles is 1. The van der Waals surface area contributed by atoms with Crippen LogP contribution in [0.1, 0.15) is 25.7 Å². The largest absolute Gasteiger partial charge is 0.353 e. The van der Waals surface area contributed by atoms with Gasteiger partial charge in [0.1, 0.15) is 29.5 Å². The smallest absolute Gasteiger partial charge is 0.242 e. The molecule has 2 atom stereocenters. The molecule has 172 valence electrons. The van der Waals surface area contributed by atoms with E-state index in [-0.39, 0.29) is 17.5 Å². The van der Waals surface area contributed by atoms with Gasteiger partial charge in [0.25, 0.3) is 0 Å². The highest BCUT2D eigenvalue weighted by atomic mass is 32.2. The summed E-state index contributed by atoms with van der Waals surface area (Å²) in [5.41, 5.74) is 0.190. The molecule has 0 amide bonds. The van der Waals surface area contributed by atoms with Crippen LogP contribution < -0.4 is 9.62 Å². The first kappa shape index (κ1) is 20.8. The maximum atomic E-state index is 15.0. The van der Waals surface area contributed by atoms with Crippen molar-refractivity contribution in [3.63, 3.8) is 0 Å². The molecule has 0 radical (unpaired) electrons. The Hall–Kier alpha value is -2.81. The van der Waals surface area contributed by atoms with Crippen LogP contribution in [0.4, 0.5) is 10.2 Å². The van der Waals surface area contributed by atoms with Gasteiger partial charge in [-0.1, -0.05) is 6.07 Å². The molecule has 0 spiro atoms. The molecular weight excluding hydrogens is 445 g/mol. The number of rotatable bonds is 5. The third-order valence-corrected chi connectivity index (χ3v) is 8.65. The molecule has 3 aromatic rings. The normalized spacial score (nSPS) is 25.2. The van der Waals surface area contributed by atoms with E-state index < -0.39 is 21.7 Å². The Labute approximate surface area is 190 Å². The van der Waals surface area contributed by atoms with Gasteiger partial charge in [0.2, 0.25) is 10.0 Å². The lowest BCUT2D eigenvalue weighted by atomic mass is 9.98. The standard InChI is InChI=1S/C22H24FN7O2S/c23-16-11-30(9-4-18(16)29-7-1-8-29)21-19-15-3-2-14(10-17(15)27-20(19)25-13-26-21)33(31,32)28-22(12-24)5-6-22/h2-3,10,13,16,18,28H,1,4-9,11H2,(H,25,26,27)/t16-,18?/m0/s1. The molecule has 1 aliphatic carbocycles. The van der Waals surface area contributed by atoms with Crippen molar-refractivity contribution in [2.24, 2.45) is 0 Å². The van der Waals surface area contributed by atoms with E-state index in [2.05, 4.69) is 24.6 Å². The number of halogens is 1. The predicted octanol–water partition coefficient (Wildman–Crippen LogP) is 2.07. The summed E-state index contributed by atoms with van der Waals surface area (Å²) in [6.07, 6.45) is 3.40. The Bertz CT molecular complexity index is 1390. The number of sulfonamides is 1. The van der Waals surface area contributed by atoms with E-state index in [1.807, 2.05) is 11.0 Å². The predicted molar refractivity (Wildman–Crippen MR) is 121 cm³/mol. The van der Waals surface area contributed by atoms with Crippen molar-refractivity contribution in [3.8, 4) is 6.07 Å². The van der Waals surface area contributed by atoms with Crippen LogP contribution in [0.15, 0.2) is 29.4 Å². The topological polar surface area (TPSA) is 118 Å². The number of aromatic nitrogens is 3. The molecule has 3 aliphatic rings. The molecule has 1 aromatic carbocycles. The SMILES string of the molecule is N#CC1(NS(=O)(=O)c2ccc3c(c2)[nH]c2ncnc(N4CCC(N5CCC5)[C@@H](F)C4)c23)CC1. The number of nitrogens with zero attached hydrogens (tertiary/aromatic N) is 5. The van der Waals surface area contributed by atoms with Crippen molar-refractivity contribution in [1.29, 1.82) is 5.26 Å². The lowest BCUT2D eigenvalue weighted by Gasteiger charge is -2.45. The second-order valence-electron chi connectivity index (χ2n) is 9.26. The number of anilines is 1. The Morgan fingerprint density at radius 2 is 2.06 bits per heavy atom. The number of aromatic amines is 1. The fourth-order valence-electron chi connectivity index (χ4n) is 4.94. The third kappa shape index (κ3) is 3.44. The second-order valence-corrected chi connectivity index (χ2v) is 10.9. The number of alkyl halides is 1. The Balaban J connectivity index is 1.34. The Kier molecular flexibility index (Phi) is 4.62. The van der Waals surface area contributed by atoms with Gasteiger partial charge in [0.15, 0.2) is 0 Å². The Morgan fingerprint density at radius 1 is 1.24 bits per heavy atom. The number of fused-ring (bicyclic) bond motifs is 3. The van der Waals surface area contributed by atoms with Gasteiger partial charge in [-0.05, 0) is 50.9 Å². The number of likely N-dealkylation sites (tertiary alicyclic amines) is 1. The number of hydrogen-bond donors (Lipinski definition) is 2. The van der Waals surface area contributed by atoms with Crippen molar-refractivity contribution < 1.29 is 12.8 Å². The van der Waals surface area contributed by atoms with Gasteiger partial charge in [0.05, 0.1) is 22.9 Å². The van der Waals surface area contributed by atoms with E-state index in [0.29, 0.717) is 36.4 Å². The average molecular weight is 470 g/mol. The average Bonchev–Trinajstić information content (AvgIpc) is 3.42. The summed E-state index contributed by atoms with van der Waals surface area (Å²) < 4.78 is 43.2. The lowest BCUT2D eigenvalue weighted by molar-refractivity contribution is 0.0464. The summed E-state index contributed by atoms with van der Waals surface area (Å²) in [6.45, 7) is 2.92.